The molecule has 158 valence electrons. The van der Waals surface area contributed by atoms with Crippen LogP contribution in [0.4, 0.5) is 10.1 Å². The van der Waals surface area contributed by atoms with E-state index in [1.54, 1.807) is 24.7 Å². The molecule has 2 aromatic carbocycles. The van der Waals surface area contributed by atoms with Crippen LogP contribution in [0.5, 0.6) is 0 Å². The molecule has 5 nitrogen and oxygen atoms in total. The number of hydrogen-bond donors (Lipinski definition) is 1. The topological polar surface area (TPSA) is 59.3 Å². The van der Waals surface area contributed by atoms with Gasteiger partial charge in [-0.1, -0.05) is 31.0 Å². The van der Waals surface area contributed by atoms with Gasteiger partial charge in [0.25, 0.3) is 5.91 Å². The second-order valence-electron chi connectivity index (χ2n) is 7.48. The highest BCUT2D eigenvalue weighted by atomic mass is 35.5. The summed E-state index contributed by atoms with van der Waals surface area (Å²) >= 11 is 6.35. The first kappa shape index (κ1) is 21.0. The van der Waals surface area contributed by atoms with E-state index in [9.17, 15) is 9.18 Å². The van der Waals surface area contributed by atoms with Crippen LogP contribution in [0.25, 0.3) is 11.3 Å². The lowest BCUT2D eigenvalue weighted by Gasteiger charge is -2.10. The van der Waals surface area contributed by atoms with Crippen molar-refractivity contribution in [2.24, 2.45) is 12.0 Å². The van der Waals surface area contributed by atoms with Crippen LogP contribution >= 0.6 is 11.6 Å². The van der Waals surface area contributed by atoms with Crippen LogP contribution in [-0.2, 0) is 18.3 Å². The molecule has 0 bridgehead atoms. The zero-order chi connectivity index (χ0) is 22.0. The van der Waals surface area contributed by atoms with E-state index in [1.165, 1.54) is 12.1 Å². The van der Waals surface area contributed by atoms with Gasteiger partial charge in [-0.3, -0.25) is 9.79 Å². The number of aliphatic imine (C=N–C) groups is 1. The zero-order valence-electron chi connectivity index (χ0n) is 17.3. The number of hydrogen-bond acceptors (Lipinski definition) is 3. The number of imidazole rings is 1. The summed E-state index contributed by atoms with van der Waals surface area (Å²) in [6.07, 6.45) is 5.60. The zero-order valence-corrected chi connectivity index (χ0v) is 18.1. The Morgan fingerprint density at radius 1 is 1.23 bits per heavy atom. The highest BCUT2D eigenvalue weighted by molar-refractivity contribution is 6.34. The number of rotatable bonds is 6. The van der Waals surface area contributed by atoms with Gasteiger partial charge in [0.1, 0.15) is 5.82 Å². The van der Waals surface area contributed by atoms with Gasteiger partial charge in [0, 0.05) is 30.8 Å². The van der Waals surface area contributed by atoms with Gasteiger partial charge >= 0.3 is 0 Å². The van der Waals surface area contributed by atoms with Crippen molar-refractivity contribution in [2.75, 3.05) is 5.32 Å². The van der Waals surface area contributed by atoms with Crippen molar-refractivity contribution in [1.29, 1.82) is 0 Å². The first-order chi connectivity index (χ1) is 15.0. The van der Waals surface area contributed by atoms with Crippen LogP contribution in [-0.4, -0.2) is 21.2 Å². The summed E-state index contributed by atoms with van der Waals surface area (Å²) in [5, 5.41) is 3.40. The van der Waals surface area contributed by atoms with Gasteiger partial charge in [0.05, 0.1) is 34.1 Å². The molecule has 0 radical (unpaired) electrons. The molecule has 3 aromatic rings. The minimum absolute atomic E-state index is 0.241. The molecule has 0 spiro atoms. The molecule has 1 aromatic heterocycles. The fourth-order valence-electron chi connectivity index (χ4n) is 3.61. The van der Waals surface area contributed by atoms with E-state index >= 15 is 0 Å². The SMILES string of the molecule is CCCc1ccc(NC(=O)C2=CN=C(c3c(-c4ccc(F)cc4)ncn3C)C2)c(Cl)c1. The lowest BCUT2D eigenvalue weighted by molar-refractivity contribution is -0.112. The third-order valence-electron chi connectivity index (χ3n) is 5.17. The van der Waals surface area contributed by atoms with E-state index < -0.39 is 0 Å². The summed E-state index contributed by atoms with van der Waals surface area (Å²) in [4.78, 5) is 21.7. The molecular formula is C24H22ClFN4O. The van der Waals surface area contributed by atoms with Crippen molar-refractivity contribution in [3.63, 3.8) is 0 Å². The Labute approximate surface area is 185 Å². The number of nitrogens with one attached hydrogen (secondary N) is 1. The fourth-order valence-corrected chi connectivity index (χ4v) is 3.86. The summed E-state index contributed by atoms with van der Waals surface area (Å²) in [7, 11) is 1.87. The number of anilines is 1. The van der Waals surface area contributed by atoms with E-state index in [4.69, 9.17) is 11.6 Å². The highest BCUT2D eigenvalue weighted by Crippen LogP contribution is 2.29. The van der Waals surface area contributed by atoms with Gasteiger partial charge in [-0.25, -0.2) is 9.37 Å². The molecule has 31 heavy (non-hydrogen) atoms. The van der Waals surface area contributed by atoms with Crippen molar-refractivity contribution in [1.82, 2.24) is 9.55 Å². The van der Waals surface area contributed by atoms with E-state index in [0.29, 0.717) is 28.4 Å². The highest BCUT2D eigenvalue weighted by Gasteiger charge is 2.24. The van der Waals surface area contributed by atoms with Crippen molar-refractivity contribution in [2.45, 2.75) is 26.2 Å². The van der Waals surface area contributed by atoms with Crippen molar-refractivity contribution in [3.05, 3.63) is 82.7 Å². The maximum absolute atomic E-state index is 13.3. The molecule has 1 N–H and O–H groups in total. The van der Waals surface area contributed by atoms with E-state index in [-0.39, 0.29) is 11.7 Å². The molecule has 1 aliphatic rings. The Balaban J connectivity index is 1.49. The molecule has 0 fully saturated rings. The predicted molar refractivity (Wildman–Crippen MR) is 122 cm³/mol. The minimum Gasteiger partial charge on any atom is -0.332 e. The summed E-state index contributed by atoms with van der Waals surface area (Å²) < 4.78 is 15.2. The molecule has 0 saturated heterocycles. The van der Waals surface area contributed by atoms with Crippen molar-refractivity contribution in [3.8, 4) is 11.3 Å². The second-order valence-corrected chi connectivity index (χ2v) is 7.89. The van der Waals surface area contributed by atoms with E-state index in [1.807, 2.05) is 29.8 Å². The molecule has 0 unspecified atom stereocenters. The number of carbonyl (C=O) groups excluding carboxylic acids is 1. The van der Waals surface area contributed by atoms with Crippen LogP contribution < -0.4 is 5.32 Å². The molecule has 7 heteroatoms. The van der Waals surface area contributed by atoms with Crippen LogP contribution in [0.1, 0.15) is 31.0 Å². The third-order valence-corrected chi connectivity index (χ3v) is 5.49. The Bertz CT molecular complexity index is 1190. The number of aromatic nitrogens is 2. The Morgan fingerprint density at radius 2 is 2.00 bits per heavy atom. The molecule has 0 atom stereocenters. The van der Waals surface area contributed by atoms with Crippen LogP contribution in [0.15, 0.2) is 65.6 Å². The fraction of sp³-hybridized carbons (Fsp3) is 0.208. The normalized spacial score (nSPS) is 13.2. The Morgan fingerprint density at radius 3 is 2.71 bits per heavy atom. The average molecular weight is 437 g/mol. The summed E-state index contributed by atoms with van der Waals surface area (Å²) in [6.45, 7) is 2.11. The van der Waals surface area contributed by atoms with Gasteiger partial charge in [-0.05, 0) is 48.4 Å². The number of nitrogens with zero attached hydrogens (tertiary/aromatic N) is 3. The quantitative estimate of drug-likeness (QED) is 0.551. The molecule has 1 aliphatic heterocycles. The van der Waals surface area contributed by atoms with Gasteiger partial charge in [-0.15, -0.1) is 0 Å². The minimum atomic E-state index is -0.304. The lowest BCUT2D eigenvalue weighted by Crippen LogP contribution is -2.16. The second kappa shape index (κ2) is 8.86. The van der Waals surface area contributed by atoms with Crippen molar-refractivity contribution >= 4 is 28.9 Å². The molecule has 1 amide bonds. The number of amides is 1. The molecule has 2 heterocycles. The lowest BCUT2D eigenvalue weighted by atomic mass is 10.0. The Kier molecular flexibility index (Phi) is 6.00. The smallest absolute Gasteiger partial charge is 0.253 e. The number of benzene rings is 2. The molecule has 4 rings (SSSR count). The number of aryl methyl sites for hydroxylation is 2. The molecule has 0 saturated carbocycles. The maximum Gasteiger partial charge on any atom is 0.253 e. The van der Waals surface area contributed by atoms with Gasteiger partial charge in [0.15, 0.2) is 0 Å². The molecule has 0 aliphatic carbocycles. The number of carbonyl (C=O) groups is 1. The van der Waals surface area contributed by atoms with Gasteiger partial charge in [0.2, 0.25) is 0 Å². The Hall–Kier alpha value is -3.25. The first-order valence-electron chi connectivity index (χ1n) is 10.1. The van der Waals surface area contributed by atoms with Crippen LogP contribution in [0, 0.1) is 5.82 Å². The summed E-state index contributed by atoms with van der Waals surface area (Å²) in [6, 6.07) is 11.9. The van der Waals surface area contributed by atoms with E-state index in [0.717, 1.165) is 35.4 Å². The van der Waals surface area contributed by atoms with Gasteiger partial charge in [-0.2, -0.15) is 0 Å². The van der Waals surface area contributed by atoms with Gasteiger partial charge < -0.3 is 9.88 Å². The maximum atomic E-state index is 13.3. The standard InChI is InChI=1S/C24H22ClFN4O/c1-3-4-15-5-10-20(19(25)11-15)29-24(31)17-12-21(27-13-17)23-22(28-14-30(23)2)16-6-8-18(26)9-7-16/h5-11,13-14H,3-4,12H2,1-2H3,(H,29,31). The molecular weight excluding hydrogens is 415 g/mol. The average Bonchev–Trinajstić information content (AvgIpc) is 3.37. The van der Waals surface area contributed by atoms with Crippen molar-refractivity contribution < 1.29 is 9.18 Å². The third kappa shape index (κ3) is 4.44. The summed E-state index contributed by atoms with van der Waals surface area (Å²) in [5.74, 6) is -0.546. The van der Waals surface area contributed by atoms with Crippen LogP contribution in [0.2, 0.25) is 5.02 Å². The summed E-state index contributed by atoms with van der Waals surface area (Å²) in [5.41, 5.74) is 5.27. The largest absolute Gasteiger partial charge is 0.332 e. The van der Waals surface area contributed by atoms with Crippen LogP contribution in [0.3, 0.4) is 0 Å². The number of halogens is 2. The first-order valence-corrected chi connectivity index (χ1v) is 10.5. The van der Waals surface area contributed by atoms with E-state index in [2.05, 4.69) is 22.2 Å². The predicted octanol–water partition coefficient (Wildman–Crippen LogP) is 5.55. The monoisotopic (exact) mass is 436 g/mol.